The highest BCUT2D eigenvalue weighted by Gasteiger charge is 2.10. The molecule has 0 saturated heterocycles. The van der Waals surface area contributed by atoms with Gasteiger partial charge in [-0.15, -0.1) is 0 Å². The van der Waals surface area contributed by atoms with Gasteiger partial charge in [0.2, 0.25) is 0 Å². The molecule has 102 valence electrons. The van der Waals surface area contributed by atoms with E-state index in [-0.39, 0.29) is 6.04 Å². The number of fused-ring (bicyclic) bond motifs is 1. The number of benzene rings is 1. The molecule has 2 heterocycles. The first-order chi connectivity index (χ1) is 9.63. The summed E-state index contributed by atoms with van der Waals surface area (Å²) in [5.41, 5.74) is 2.98. The molecule has 0 fully saturated rings. The Balaban J connectivity index is 1.98. The maximum Gasteiger partial charge on any atom is 0.0934 e. The van der Waals surface area contributed by atoms with Gasteiger partial charge < -0.3 is 5.32 Å². The number of nitrogens with zero attached hydrogens (tertiary/aromatic N) is 3. The second-order valence-corrected chi connectivity index (χ2v) is 5.28. The number of hydrogen-bond donors (Lipinski definition) is 1. The van der Waals surface area contributed by atoms with Crippen LogP contribution >= 0.6 is 11.6 Å². The van der Waals surface area contributed by atoms with Crippen LogP contribution < -0.4 is 5.32 Å². The van der Waals surface area contributed by atoms with Crippen LogP contribution in [0.25, 0.3) is 10.9 Å². The number of halogens is 1. The van der Waals surface area contributed by atoms with Crippen LogP contribution in [0.5, 0.6) is 0 Å². The molecule has 3 rings (SSSR count). The van der Waals surface area contributed by atoms with Crippen molar-refractivity contribution >= 4 is 28.2 Å². The van der Waals surface area contributed by atoms with Crippen molar-refractivity contribution in [2.75, 3.05) is 5.32 Å². The Labute approximate surface area is 122 Å². The van der Waals surface area contributed by atoms with Gasteiger partial charge in [0.15, 0.2) is 0 Å². The monoisotopic (exact) mass is 286 g/mol. The van der Waals surface area contributed by atoms with E-state index in [1.54, 1.807) is 10.9 Å². The number of hydrogen-bond acceptors (Lipinski definition) is 3. The molecule has 4 nitrogen and oxygen atoms in total. The quantitative estimate of drug-likeness (QED) is 0.796. The summed E-state index contributed by atoms with van der Waals surface area (Å²) in [6.45, 7) is 2.09. The minimum Gasteiger partial charge on any atom is -0.377 e. The first-order valence-electron chi connectivity index (χ1n) is 6.43. The Morgan fingerprint density at radius 1 is 1.35 bits per heavy atom. The minimum atomic E-state index is 0.132. The third-order valence-corrected chi connectivity index (χ3v) is 3.48. The normalized spacial score (nSPS) is 12.6. The van der Waals surface area contributed by atoms with E-state index in [2.05, 4.69) is 22.3 Å². The van der Waals surface area contributed by atoms with Crippen LogP contribution in [-0.2, 0) is 7.05 Å². The van der Waals surface area contributed by atoms with Crippen molar-refractivity contribution in [1.82, 2.24) is 14.8 Å². The first kappa shape index (κ1) is 12.9. The molecule has 0 aliphatic rings. The molecule has 5 heteroatoms. The second kappa shape index (κ2) is 5.13. The van der Waals surface area contributed by atoms with Gasteiger partial charge in [0.1, 0.15) is 0 Å². The minimum absolute atomic E-state index is 0.132. The van der Waals surface area contributed by atoms with Gasteiger partial charge >= 0.3 is 0 Å². The van der Waals surface area contributed by atoms with Gasteiger partial charge in [-0.25, -0.2) is 0 Å². The molecule has 0 aliphatic heterocycles. The van der Waals surface area contributed by atoms with E-state index in [0.29, 0.717) is 5.02 Å². The maximum atomic E-state index is 6.17. The van der Waals surface area contributed by atoms with Gasteiger partial charge in [-0.3, -0.25) is 9.67 Å². The summed E-state index contributed by atoms with van der Waals surface area (Å²) in [4.78, 5) is 4.43. The highest BCUT2D eigenvalue weighted by molar-refractivity contribution is 6.31. The van der Waals surface area contributed by atoms with Crippen molar-refractivity contribution in [3.63, 3.8) is 0 Å². The second-order valence-electron chi connectivity index (χ2n) is 4.84. The van der Waals surface area contributed by atoms with Crippen LogP contribution in [0.2, 0.25) is 5.02 Å². The molecule has 1 unspecified atom stereocenters. The van der Waals surface area contributed by atoms with Crippen molar-refractivity contribution < 1.29 is 0 Å². The van der Waals surface area contributed by atoms with Crippen LogP contribution in [0, 0.1) is 0 Å². The zero-order valence-corrected chi connectivity index (χ0v) is 12.1. The highest BCUT2D eigenvalue weighted by Crippen LogP contribution is 2.29. The summed E-state index contributed by atoms with van der Waals surface area (Å²) < 4.78 is 1.79. The zero-order valence-electron chi connectivity index (χ0n) is 11.3. The van der Waals surface area contributed by atoms with Crippen LogP contribution in [0.1, 0.15) is 18.5 Å². The lowest BCUT2D eigenvalue weighted by molar-refractivity contribution is 0.765. The average Bonchev–Trinajstić information content (AvgIpc) is 2.85. The third kappa shape index (κ3) is 2.47. The molecule has 0 saturated carbocycles. The lowest BCUT2D eigenvalue weighted by Crippen LogP contribution is -2.06. The molecule has 0 amide bonds. The number of rotatable bonds is 3. The number of aryl methyl sites for hydroxylation is 1. The van der Waals surface area contributed by atoms with Crippen LogP contribution in [-0.4, -0.2) is 14.8 Å². The predicted molar refractivity (Wildman–Crippen MR) is 82.0 cm³/mol. The smallest absolute Gasteiger partial charge is 0.0934 e. The van der Waals surface area contributed by atoms with Crippen LogP contribution in [0.15, 0.2) is 42.9 Å². The molecule has 0 bridgehead atoms. The fourth-order valence-corrected chi connectivity index (χ4v) is 2.47. The average molecular weight is 287 g/mol. The molecule has 2 aromatic heterocycles. The predicted octanol–water partition coefficient (Wildman–Crippen LogP) is 3.79. The molecular formula is C15H15ClN4. The molecular weight excluding hydrogens is 272 g/mol. The third-order valence-electron chi connectivity index (χ3n) is 3.27. The molecule has 0 spiro atoms. The van der Waals surface area contributed by atoms with Gasteiger partial charge in [0.05, 0.1) is 23.4 Å². The molecule has 0 aliphatic carbocycles. The van der Waals surface area contributed by atoms with E-state index < -0.39 is 0 Å². The number of aromatic nitrogens is 3. The number of pyridine rings is 1. The number of nitrogens with one attached hydrogen (secondary N) is 1. The topological polar surface area (TPSA) is 42.7 Å². The van der Waals surface area contributed by atoms with Crippen molar-refractivity contribution in [2.24, 2.45) is 7.05 Å². The van der Waals surface area contributed by atoms with Gasteiger partial charge in [0.25, 0.3) is 0 Å². The lowest BCUT2D eigenvalue weighted by Gasteiger charge is -2.15. The molecule has 1 N–H and O–H groups in total. The van der Waals surface area contributed by atoms with Crippen molar-refractivity contribution in [1.29, 1.82) is 0 Å². The molecule has 1 aromatic carbocycles. The van der Waals surface area contributed by atoms with Gasteiger partial charge in [-0.1, -0.05) is 17.7 Å². The Morgan fingerprint density at radius 3 is 2.95 bits per heavy atom. The van der Waals surface area contributed by atoms with E-state index in [4.69, 9.17) is 11.6 Å². The Bertz CT molecular complexity index is 750. The Kier molecular flexibility index (Phi) is 3.32. The van der Waals surface area contributed by atoms with E-state index >= 15 is 0 Å². The molecule has 3 aromatic rings. The summed E-state index contributed by atoms with van der Waals surface area (Å²) in [7, 11) is 1.91. The largest absolute Gasteiger partial charge is 0.377 e. The van der Waals surface area contributed by atoms with Crippen LogP contribution in [0.3, 0.4) is 0 Å². The SMILES string of the molecule is CC(Nc1cc(Cl)cc2cccnc12)c1cnn(C)c1. The summed E-state index contributed by atoms with van der Waals surface area (Å²) in [5.74, 6) is 0. The van der Waals surface area contributed by atoms with Crippen molar-refractivity contribution in [3.8, 4) is 0 Å². The molecule has 20 heavy (non-hydrogen) atoms. The van der Waals surface area contributed by atoms with Gasteiger partial charge in [-0.05, 0) is 25.1 Å². The Morgan fingerprint density at radius 2 is 2.20 bits per heavy atom. The van der Waals surface area contributed by atoms with Gasteiger partial charge in [-0.2, -0.15) is 5.10 Å². The summed E-state index contributed by atoms with van der Waals surface area (Å²) in [5, 5.41) is 9.38. The van der Waals surface area contributed by atoms with E-state index in [1.807, 2.05) is 43.7 Å². The summed E-state index contributed by atoms with van der Waals surface area (Å²) in [6.07, 6.45) is 5.64. The van der Waals surface area contributed by atoms with E-state index in [0.717, 1.165) is 22.2 Å². The first-order valence-corrected chi connectivity index (χ1v) is 6.80. The number of anilines is 1. The summed E-state index contributed by atoms with van der Waals surface area (Å²) >= 11 is 6.17. The van der Waals surface area contributed by atoms with Crippen molar-refractivity contribution in [3.05, 3.63) is 53.4 Å². The standard InChI is InChI=1S/C15H15ClN4/c1-10(12-8-18-20(2)9-12)19-14-7-13(16)6-11-4-3-5-17-15(11)14/h3-10,19H,1-2H3. The fourth-order valence-electron chi connectivity index (χ4n) is 2.25. The molecule has 0 radical (unpaired) electrons. The molecule has 1 atom stereocenters. The maximum absolute atomic E-state index is 6.17. The van der Waals surface area contributed by atoms with Crippen LogP contribution in [0.4, 0.5) is 5.69 Å². The Hall–Kier alpha value is -2.07. The van der Waals surface area contributed by atoms with E-state index in [9.17, 15) is 0 Å². The van der Waals surface area contributed by atoms with Gasteiger partial charge in [0, 0.05) is 35.4 Å². The zero-order chi connectivity index (χ0) is 14.1. The fraction of sp³-hybridized carbons (Fsp3) is 0.200. The highest BCUT2D eigenvalue weighted by atomic mass is 35.5. The van der Waals surface area contributed by atoms with Crippen molar-refractivity contribution in [2.45, 2.75) is 13.0 Å². The summed E-state index contributed by atoms with van der Waals surface area (Å²) in [6, 6.07) is 7.88. The lowest BCUT2D eigenvalue weighted by atomic mass is 10.1. The van der Waals surface area contributed by atoms with E-state index in [1.165, 1.54) is 0 Å².